The maximum absolute atomic E-state index is 11.9. The fourth-order valence-electron chi connectivity index (χ4n) is 1.87. The lowest BCUT2D eigenvalue weighted by molar-refractivity contribution is 0.544. The van der Waals surface area contributed by atoms with Crippen LogP contribution in [-0.2, 0) is 14.5 Å². The van der Waals surface area contributed by atoms with Crippen molar-refractivity contribution in [1.29, 1.82) is 0 Å². The molecule has 2 aromatic rings. The van der Waals surface area contributed by atoms with Gasteiger partial charge < -0.3 is 0 Å². The quantitative estimate of drug-likeness (QED) is 0.683. The first-order valence-corrected chi connectivity index (χ1v) is 9.49. The van der Waals surface area contributed by atoms with E-state index in [1.54, 1.807) is 12.1 Å². The van der Waals surface area contributed by atoms with Gasteiger partial charge in [0, 0.05) is 20.6 Å². The Labute approximate surface area is 141 Å². The molecule has 0 atom stereocenters. The third kappa shape index (κ3) is 3.44. The molecule has 0 bridgehead atoms. The monoisotopic (exact) mass is 410 g/mol. The number of aromatic nitrogens is 2. The van der Waals surface area contributed by atoms with Crippen LogP contribution in [0.1, 0.15) is 26.5 Å². The number of benzene rings is 1. The Morgan fingerprint density at radius 2 is 1.90 bits per heavy atom. The second-order valence-electron chi connectivity index (χ2n) is 5.55. The summed E-state index contributed by atoms with van der Waals surface area (Å²) in [6.45, 7) is 5.55. The highest BCUT2D eigenvalue weighted by Gasteiger charge is 2.33. The molecule has 0 unspecified atom stereocenters. The number of rotatable bonds is 2. The van der Waals surface area contributed by atoms with Crippen LogP contribution in [0, 0.1) is 0 Å². The molecule has 114 valence electrons. The van der Waals surface area contributed by atoms with Gasteiger partial charge in [-0.2, -0.15) is 5.10 Å². The largest absolute Gasteiger partial charge is 0.266 e. The van der Waals surface area contributed by atoms with Gasteiger partial charge in [-0.3, -0.25) is 0 Å². The molecule has 0 radical (unpaired) electrons. The molecule has 0 saturated carbocycles. The zero-order chi connectivity index (χ0) is 16.0. The maximum Gasteiger partial charge on any atom is 0.266 e. The van der Waals surface area contributed by atoms with Crippen molar-refractivity contribution >= 4 is 47.3 Å². The van der Waals surface area contributed by atoms with Gasteiger partial charge in [-0.25, -0.2) is 13.1 Å². The van der Waals surface area contributed by atoms with Crippen molar-refractivity contribution in [3.05, 3.63) is 39.6 Å². The average molecular weight is 412 g/mol. The van der Waals surface area contributed by atoms with E-state index in [4.69, 9.17) is 22.3 Å². The normalized spacial score (nSPS) is 12.7. The summed E-state index contributed by atoms with van der Waals surface area (Å²) in [6.07, 6.45) is 0. The highest BCUT2D eigenvalue weighted by Crippen LogP contribution is 2.36. The van der Waals surface area contributed by atoms with Crippen molar-refractivity contribution in [2.45, 2.75) is 31.1 Å². The summed E-state index contributed by atoms with van der Waals surface area (Å²) in [6, 6.07) is 7.23. The van der Waals surface area contributed by atoms with Crippen LogP contribution in [0.2, 0.25) is 5.15 Å². The minimum absolute atomic E-state index is 0.0203. The molecule has 0 saturated heterocycles. The molecule has 0 aliphatic carbocycles. The SMILES string of the molecule is CC(C)(C)c1nn(-c2cccc(Br)c2)c(Cl)c1S(=O)(=O)Cl. The van der Waals surface area contributed by atoms with E-state index in [0.717, 1.165) is 4.47 Å². The maximum atomic E-state index is 11.9. The van der Waals surface area contributed by atoms with Gasteiger partial charge in [0.2, 0.25) is 0 Å². The topological polar surface area (TPSA) is 52.0 Å². The molecule has 1 aromatic carbocycles. The third-order valence-corrected chi connectivity index (χ3v) is 5.09. The van der Waals surface area contributed by atoms with Crippen molar-refractivity contribution in [3.8, 4) is 5.69 Å². The smallest absolute Gasteiger partial charge is 0.220 e. The van der Waals surface area contributed by atoms with E-state index >= 15 is 0 Å². The lowest BCUT2D eigenvalue weighted by Crippen LogP contribution is -2.15. The van der Waals surface area contributed by atoms with Gasteiger partial charge in [0.25, 0.3) is 9.05 Å². The highest BCUT2D eigenvalue weighted by atomic mass is 79.9. The second-order valence-corrected chi connectivity index (χ2v) is 9.32. The fraction of sp³-hybridized carbons (Fsp3) is 0.308. The summed E-state index contributed by atoms with van der Waals surface area (Å²) in [7, 11) is 1.53. The fourth-order valence-corrected chi connectivity index (χ4v) is 4.21. The van der Waals surface area contributed by atoms with E-state index in [-0.39, 0.29) is 10.0 Å². The van der Waals surface area contributed by atoms with E-state index in [1.807, 2.05) is 32.9 Å². The minimum atomic E-state index is -4.00. The van der Waals surface area contributed by atoms with Crippen LogP contribution in [0.15, 0.2) is 33.6 Å². The number of nitrogens with zero attached hydrogens (tertiary/aromatic N) is 2. The molecular formula is C13H13BrCl2N2O2S. The summed E-state index contributed by atoms with van der Waals surface area (Å²) in [5, 5.41) is 4.34. The first-order chi connectivity index (χ1) is 9.51. The standard InChI is InChI=1S/C13H13BrCl2N2O2S/c1-13(2,3)11-10(21(16,19)20)12(15)18(17-11)9-6-4-5-8(14)7-9/h4-7H,1-3H3. The summed E-state index contributed by atoms with van der Waals surface area (Å²) in [5.41, 5.74) is 0.465. The molecule has 0 aliphatic rings. The second kappa shape index (κ2) is 5.57. The Morgan fingerprint density at radius 3 is 2.33 bits per heavy atom. The lowest BCUT2D eigenvalue weighted by Gasteiger charge is -2.16. The lowest BCUT2D eigenvalue weighted by atomic mass is 9.92. The zero-order valence-electron chi connectivity index (χ0n) is 11.6. The van der Waals surface area contributed by atoms with Gasteiger partial charge in [0.15, 0.2) is 5.15 Å². The van der Waals surface area contributed by atoms with Gasteiger partial charge in [0.1, 0.15) is 4.90 Å². The molecule has 0 aliphatic heterocycles. The number of halogens is 3. The van der Waals surface area contributed by atoms with E-state index in [1.165, 1.54) is 4.68 Å². The first-order valence-electron chi connectivity index (χ1n) is 6.01. The van der Waals surface area contributed by atoms with Crippen LogP contribution >= 0.6 is 38.2 Å². The van der Waals surface area contributed by atoms with Crippen molar-refractivity contribution in [1.82, 2.24) is 9.78 Å². The van der Waals surface area contributed by atoms with Gasteiger partial charge in [-0.1, -0.05) is 54.4 Å². The average Bonchev–Trinajstić information content (AvgIpc) is 2.66. The van der Waals surface area contributed by atoms with Crippen LogP contribution in [-0.4, -0.2) is 18.2 Å². The Balaban J connectivity index is 2.80. The summed E-state index contributed by atoms with van der Waals surface area (Å²) in [5.74, 6) is 0. The number of hydrogen-bond acceptors (Lipinski definition) is 3. The van der Waals surface area contributed by atoms with Crippen molar-refractivity contribution in [2.75, 3.05) is 0 Å². The number of hydrogen-bond donors (Lipinski definition) is 0. The molecule has 21 heavy (non-hydrogen) atoms. The van der Waals surface area contributed by atoms with Gasteiger partial charge in [-0.15, -0.1) is 0 Å². The molecule has 0 N–H and O–H groups in total. The molecule has 1 heterocycles. The zero-order valence-corrected chi connectivity index (χ0v) is 15.5. The molecule has 2 rings (SSSR count). The Kier molecular flexibility index (Phi) is 4.46. The molecule has 0 fully saturated rings. The van der Waals surface area contributed by atoms with E-state index < -0.39 is 14.5 Å². The van der Waals surface area contributed by atoms with Gasteiger partial charge in [-0.05, 0) is 18.2 Å². The van der Waals surface area contributed by atoms with Crippen LogP contribution in [0.25, 0.3) is 5.69 Å². The van der Waals surface area contributed by atoms with Crippen LogP contribution in [0.5, 0.6) is 0 Å². The minimum Gasteiger partial charge on any atom is -0.220 e. The summed E-state index contributed by atoms with van der Waals surface area (Å²) >= 11 is 9.59. The highest BCUT2D eigenvalue weighted by molar-refractivity contribution is 9.10. The molecule has 8 heteroatoms. The van der Waals surface area contributed by atoms with E-state index in [0.29, 0.717) is 11.4 Å². The molecule has 0 amide bonds. The summed E-state index contributed by atoms with van der Waals surface area (Å²) in [4.78, 5) is -0.140. The van der Waals surface area contributed by atoms with Crippen LogP contribution < -0.4 is 0 Å². The van der Waals surface area contributed by atoms with Crippen molar-refractivity contribution in [3.63, 3.8) is 0 Å². The molecular weight excluding hydrogens is 399 g/mol. The van der Waals surface area contributed by atoms with E-state index in [9.17, 15) is 8.42 Å². The van der Waals surface area contributed by atoms with E-state index in [2.05, 4.69) is 21.0 Å². The van der Waals surface area contributed by atoms with Gasteiger partial charge >= 0.3 is 0 Å². The van der Waals surface area contributed by atoms with Crippen molar-refractivity contribution in [2.24, 2.45) is 0 Å². The van der Waals surface area contributed by atoms with Gasteiger partial charge in [0.05, 0.1) is 11.4 Å². The predicted octanol–water partition coefficient (Wildman–Crippen LogP) is 4.51. The van der Waals surface area contributed by atoms with Crippen molar-refractivity contribution < 1.29 is 8.42 Å². The summed E-state index contributed by atoms with van der Waals surface area (Å²) < 4.78 is 25.9. The van der Waals surface area contributed by atoms with Crippen LogP contribution in [0.4, 0.5) is 0 Å². The molecule has 1 aromatic heterocycles. The van der Waals surface area contributed by atoms with Crippen LogP contribution in [0.3, 0.4) is 0 Å². The predicted molar refractivity (Wildman–Crippen MR) is 88.0 cm³/mol. The Morgan fingerprint density at radius 1 is 1.29 bits per heavy atom. The Bertz CT molecular complexity index is 795. The first kappa shape index (κ1) is 16.8. The Hall–Kier alpha value is -0.560. The molecule has 0 spiro atoms. The molecule has 4 nitrogen and oxygen atoms in total. The third-order valence-electron chi connectivity index (χ3n) is 2.80.